The number of fused-ring (bicyclic) bond motifs is 4. The topological polar surface area (TPSA) is 270 Å². The van der Waals surface area contributed by atoms with Gasteiger partial charge in [-0.25, -0.2) is 0 Å². The Hall–Kier alpha value is -4.84. The maximum absolute atomic E-state index is 12.6. The van der Waals surface area contributed by atoms with Gasteiger partial charge in [0.15, 0.2) is 5.71 Å². The first kappa shape index (κ1) is 52.1. The minimum atomic E-state index is -4.97. The van der Waals surface area contributed by atoms with Crippen LogP contribution in [0.1, 0.15) is 76.8 Å². The maximum Gasteiger partial charge on any atom is 0.303 e. The molecule has 0 atom stereocenters. The Morgan fingerprint density at radius 3 is 2.03 bits per heavy atom. The summed E-state index contributed by atoms with van der Waals surface area (Å²) in [5.41, 5.74) is 3.13. The number of hydrogen-bond acceptors (Lipinski definition) is 11. The maximum atomic E-state index is 12.6. The molecule has 0 unspecified atom stereocenters. The van der Waals surface area contributed by atoms with Crippen LogP contribution in [0.3, 0.4) is 0 Å². The van der Waals surface area contributed by atoms with Gasteiger partial charge >= 0.3 is 5.97 Å². The van der Waals surface area contributed by atoms with E-state index >= 15 is 0 Å². The summed E-state index contributed by atoms with van der Waals surface area (Å²) >= 11 is 0. The van der Waals surface area contributed by atoms with Crippen LogP contribution in [0.15, 0.2) is 105 Å². The van der Waals surface area contributed by atoms with Crippen LogP contribution in [0, 0.1) is 0 Å². The predicted octanol–water partition coefficient (Wildman–Crippen LogP) is 7.52. The van der Waals surface area contributed by atoms with Crippen LogP contribution in [0.2, 0.25) is 0 Å². The molecule has 0 spiro atoms. The number of ether oxygens (including phenoxy) is 1. The molecule has 0 aromatic heterocycles. The van der Waals surface area contributed by atoms with E-state index < -0.39 is 67.4 Å². The van der Waals surface area contributed by atoms with Gasteiger partial charge in [0.25, 0.3) is 40.5 Å². The van der Waals surface area contributed by atoms with Crippen LogP contribution in [0.25, 0.3) is 21.5 Å². The van der Waals surface area contributed by atoms with E-state index in [1.54, 1.807) is 37.5 Å². The zero-order valence-electron chi connectivity index (χ0n) is 36.9. The van der Waals surface area contributed by atoms with Gasteiger partial charge < -0.3 is 14.7 Å². The van der Waals surface area contributed by atoms with E-state index in [4.69, 9.17) is 4.74 Å². The zero-order chi connectivity index (χ0) is 48.8. The first-order chi connectivity index (χ1) is 30.8. The number of methoxy groups -OCH3 is 1. The van der Waals surface area contributed by atoms with E-state index in [0.29, 0.717) is 80.0 Å². The van der Waals surface area contributed by atoms with Gasteiger partial charge in [0, 0.05) is 61.0 Å². The number of anilines is 1. The minimum absolute atomic E-state index is 0.0145. The first-order valence-corrected chi connectivity index (χ1v) is 26.9. The summed E-state index contributed by atoms with van der Waals surface area (Å²) in [6.07, 6.45) is 11.8. The second-order valence-electron chi connectivity index (χ2n) is 16.4. The Morgan fingerprint density at radius 1 is 0.742 bits per heavy atom. The van der Waals surface area contributed by atoms with Crippen molar-refractivity contribution in [2.24, 2.45) is 0 Å². The van der Waals surface area contributed by atoms with Gasteiger partial charge in [-0.05, 0) is 117 Å². The molecule has 0 bridgehead atoms. The number of aliphatic carboxylic acids is 1. The summed E-state index contributed by atoms with van der Waals surface area (Å²) in [5.74, 6) is -1.36. The quantitative estimate of drug-likeness (QED) is 0.0208. The normalized spacial score (nSPS) is 14.9. The fraction of sp³-hybridized carbons (Fsp3) is 0.378. The van der Waals surface area contributed by atoms with Crippen molar-refractivity contribution in [2.75, 3.05) is 37.5 Å². The first-order valence-electron chi connectivity index (χ1n) is 21.0. The highest BCUT2D eigenvalue weighted by Crippen LogP contribution is 2.46. The number of benzene rings is 4. The zero-order valence-corrected chi connectivity index (χ0v) is 40.2. The largest absolute Gasteiger partial charge is 0.481 e. The van der Waals surface area contributed by atoms with Crippen molar-refractivity contribution in [1.82, 2.24) is 0 Å². The Balaban J connectivity index is 1.63. The Morgan fingerprint density at radius 2 is 1.41 bits per heavy atom. The Labute approximate surface area is 385 Å². The lowest BCUT2D eigenvalue weighted by atomic mass is 9.79. The van der Waals surface area contributed by atoms with Crippen molar-refractivity contribution in [1.29, 1.82) is 0 Å². The highest BCUT2D eigenvalue weighted by molar-refractivity contribution is 7.87. The SMILES string of the molecule is CCc1c(N(CCOC)C(=CC=CC=CC2=[N+](CCCCCC(=O)O)c3ccc4c(S(=O)(=O)O)cc(S(=O)(=O)O)cc4c3C2(C)C)CCCCS(=O)(=O)O)ccc2ccc(S(=O)(=O)O)cc12. The van der Waals surface area contributed by atoms with Crippen LogP contribution >= 0.6 is 0 Å². The molecule has 1 heterocycles. The molecule has 1 aliphatic heterocycles. The van der Waals surface area contributed by atoms with Crippen molar-refractivity contribution in [2.45, 2.75) is 92.2 Å². The van der Waals surface area contributed by atoms with Crippen LogP contribution in [0.4, 0.5) is 11.4 Å². The third-order valence-corrected chi connectivity index (χ3v) is 14.9. The lowest BCUT2D eigenvalue weighted by molar-refractivity contribution is -0.438. The van der Waals surface area contributed by atoms with Gasteiger partial charge in [-0.1, -0.05) is 37.3 Å². The molecule has 5 rings (SSSR count). The molecule has 0 fully saturated rings. The summed E-state index contributed by atoms with van der Waals surface area (Å²) in [5, 5.41) is 10.7. The molecule has 0 aliphatic carbocycles. The van der Waals surface area contributed by atoms with E-state index in [1.807, 2.05) is 54.5 Å². The lowest BCUT2D eigenvalue weighted by Crippen LogP contribution is -2.28. The highest BCUT2D eigenvalue weighted by atomic mass is 32.2. The summed E-state index contributed by atoms with van der Waals surface area (Å²) in [6.45, 7) is 6.63. The van der Waals surface area contributed by atoms with Crippen LogP contribution in [-0.2, 0) is 61.8 Å². The molecule has 0 saturated heterocycles. The summed E-state index contributed by atoms with van der Waals surface area (Å²) < 4.78 is 144. The fourth-order valence-electron chi connectivity index (χ4n) is 8.48. The number of allylic oxidation sites excluding steroid dienone is 6. The number of carboxylic acids is 1. The van der Waals surface area contributed by atoms with Gasteiger partial charge in [0.05, 0.1) is 27.6 Å². The molecule has 17 nitrogen and oxygen atoms in total. The second kappa shape index (κ2) is 21.0. The molecule has 4 aromatic rings. The van der Waals surface area contributed by atoms with Gasteiger partial charge in [-0.2, -0.15) is 38.2 Å². The van der Waals surface area contributed by atoms with E-state index in [9.17, 15) is 61.8 Å². The number of carboxylic acid groups (broad SMARTS) is 1. The van der Waals surface area contributed by atoms with E-state index in [1.165, 1.54) is 24.3 Å². The predicted molar refractivity (Wildman–Crippen MR) is 251 cm³/mol. The number of aryl methyl sites for hydroxylation is 1. The van der Waals surface area contributed by atoms with E-state index in [2.05, 4.69) is 0 Å². The summed E-state index contributed by atoms with van der Waals surface area (Å²) in [7, 11) is -17.1. The molecular formula is C45H55N2O15S4+. The smallest absolute Gasteiger partial charge is 0.303 e. The van der Waals surface area contributed by atoms with Gasteiger partial charge in [0.1, 0.15) is 11.4 Å². The molecule has 0 saturated carbocycles. The van der Waals surface area contributed by atoms with E-state index in [0.717, 1.165) is 22.3 Å². The van der Waals surface area contributed by atoms with Gasteiger partial charge in [-0.3, -0.25) is 23.0 Å². The number of carbonyl (C=O) groups is 1. The Bertz CT molecular complexity index is 3100. The number of rotatable bonds is 23. The number of hydrogen-bond donors (Lipinski definition) is 5. The van der Waals surface area contributed by atoms with Crippen LogP contribution in [-0.4, -0.2) is 106 Å². The van der Waals surface area contributed by atoms with Crippen LogP contribution in [0.5, 0.6) is 0 Å². The summed E-state index contributed by atoms with van der Waals surface area (Å²) in [6, 6.07) is 13.1. The fourth-order valence-corrected chi connectivity index (χ4v) is 10.9. The van der Waals surface area contributed by atoms with Gasteiger partial charge in [0.2, 0.25) is 5.69 Å². The highest BCUT2D eigenvalue weighted by Gasteiger charge is 2.46. The van der Waals surface area contributed by atoms with Crippen molar-refractivity contribution >= 4 is 85.1 Å². The molecule has 1 aliphatic rings. The minimum Gasteiger partial charge on any atom is -0.481 e. The molecule has 0 amide bonds. The average molecular weight is 992 g/mol. The molecule has 21 heteroatoms. The molecule has 5 N–H and O–H groups in total. The molecule has 66 heavy (non-hydrogen) atoms. The van der Waals surface area contributed by atoms with E-state index in [-0.39, 0.29) is 35.1 Å². The third kappa shape index (κ3) is 12.6. The van der Waals surface area contributed by atoms with Crippen LogP contribution < -0.4 is 4.90 Å². The van der Waals surface area contributed by atoms with Crippen molar-refractivity contribution in [3.05, 3.63) is 102 Å². The summed E-state index contributed by atoms with van der Waals surface area (Å²) in [4.78, 5) is 11.5. The average Bonchev–Trinajstić information content (AvgIpc) is 3.44. The Kier molecular flexibility index (Phi) is 16.6. The molecule has 4 aromatic carbocycles. The third-order valence-electron chi connectivity index (χ3n) is 11.5. The molecule has 0 radical (unpaired) electrons. The van der Waals surface area contributed by atoms with Crippen molar-refractivity contribution < 1.29 is 71.1 Å². The number of unbranched alkanes of at least 4 members (excludes halogenated alkanes) is 3. The van der Waals surface area contributed by atoms with Crippen molar-refractivity contribution in [3.63, 3.8) is 0 Å². The second-order valence-corrected chi connectivity index (χ2v) is 22.2. The molecular weight excluding hydrogens is 937 g/mol. The number of nitrogens with zero attached hydrogens (tertiary/aromatic N) is 2. The van der Waals surface area contributed by atoms with Gasteiger partial charge in [-0.15, -0.1) is 0 Å². The monoisotopic (exact) mass is 991 g/mol. The standard InChI is InChI=1S/C45H54N2O15S4/c1-5-35-37-28-33(64(53,54)55)20-18-31(37)19-22-39(35)46(25-26-62-4)32(15-11-13-27-63(50,51)52)14-8-6-9-16-42-45(2,3)44-38-29-34(65(56,57)58)30-41(66(59,60)61)36(38)21-23-40(44)47(42)24-12-7-10-17-43(48)49/h6,8-9,14,16,18-23,28-30H,5,7,10-13,15,17,24-27H2,1-4H3,(H4-,48,49,50,51,52,53,54,55,56,57,58,59,60,61)/p+1. The molecule has 358 valence electrons. The van der Waals surface area contributed by atoms with Crippen molar-refractivity contribution in [3.8, 4) is 0 Å². The lowest BCUT2D eigenvalue weighted by Gasteiger charge is -2.30.